The molecule has 0 aliphatic carbocycles. The van der Waals surface area contributed by atoms with E-state index in [0.717, 1.165) is 25.3 Å². The van der Waals surface area contributed by atoms with Gasteiger partial charge < -0.3 is 9.88 Å². The molecule has 0 atom stereocenters. The molecule has 0 aliphatic rings. The maximum Gasteiger partial charge on any atom is 0.112 e. The molecule has 0 saturated carbocycles. The molecule has 0 radical (unpaired) electrons. The van der Waals surface area contributed by atoms with Gasteiger partial charge in [0, 0.05) is 32.4 Å². The van der Waals surface area contributed by atoms with E-state index in [2.05, 4.69) is 46.9 Å². The molecule has 3 heteroatoms. The topological polar surface area (TPSA) is 29.9 Å². The van der Waals surface area contributed by atoms with Crippen molar-refractivity contribution in [2.75, 3.05) is 6.54 Å². The molecule has 1 aromatic heterocycles. The summed E-state index contributed by atoms with van der Waals surface area (Å²) in [5, 5.41) is 3.45. The summed E-state index contributed by atoms with van der Waals surface area (Å²) >= 11 is 0. The van der Waals surface area contributed by atoms with Crippen LogP contribution in [0.5, 0.6) is 0 Å². The Balaban J connectivity index is 2.11. The number of hydrogen-bond donors (Lipinski definition) is 1. The summed E-state index contributed by atoms with van der Waals surface area (Å²) in [6.07, 6.45) is 5.93. The van der Waals surface area contributed by atoms with Crippen molar-refractivity contribution in [1.82, 2.24) is 14.9 Å². The largest absolute Gasteiger partial charge is 0.338 e. The third-order valence-electron chi connectivity index (χ3n) is 3.44. The van der Waals surface area contributed by atoms with Crippen LogP contribution in [0.2, 0.25) is 0 Å². The Morgan fingerprint density at radius 2 is 2.16 bits per heavy atom. The molecule has 0 aliphatic heterocycles. The first-order chi connectivity index (χ1) is 9.20. The molecule has 1 N–H and O–H groups in total. The predicted octanol–water partition coefficient (Wildman–Crippen LogP) is 2.82. The van der Waals surface area contributed by atoms with Gasteiger partial charge in [-0.2, -0.15) is 0 Å². The van der Waals surface area contributed by atoms with Gasteiger partial charge in [-0.1, -0.05) is 25.1 Å². The van der Waals surface area contributed by atoms with E-state index in [4.69, 9.17) is 0 Å². The second-order valence-corrected chi connectivity index (χ2v) is 5.07. The van der Waals surface area contributed by atoms with E-state index in [9.17, 15) is 0 Å². The lowest BCUT2D eigenvalue weighted by molar-refractivity contribution is 0.674. The van der Waals surface area contributed by atoms with Crippen molar-refractivity contribution < 1.29 is 0 Å². The average Bonchev–Trinajstić information content (AvgIpc) is 2.79. The van der Waals surface area contributed by atoms with Crippen LogP contribution in [0.3, 0.4) is 0 Å². The third kappa shape index (κ3) is 3.67. The average molecular weight is 257 g/mol. The second-order valence-electron chi connectivity index (χ2n) is 5.07. The number of nitrogens with one attached hydrogen (secondary N) is 1. The molecule has 1 heterocycles. The quantitative estimate of drug-likeness (QED) is 0.806. The van der Waals surface area contributed by atoms with Gasteiger partial charge in [0.05, 0.1) is 0 Å². The van der Waals surface area contributed by atoms with Crippen LogP contribution in [0.1, 0.15) is 35.9 Å². The van der Waals surface area contributed by atoms with Gasteiger partial charge in [-0.05, 0) is 36.6 Å². The molecular weight excluding hydrogens is 234 g/mol. The molecule has 19 heavy (non-hydrogen) atoms. The lowest BCUT2D eigenvalue weighted by atomic mass is 10.0. The molecule has 0 unspecified atom stereocenters. The lowest BCUT2D eigenvalue weighted by Crippen LogP contribution is -2.14. The fourth-order valence-electron chi connectivity index (χ4n) is 2.17. The van der Waals surface area contributed by atoms with Crippen LogP contribution in [0.25, 0.3) is 0 Å². The molecule has 0 spiro atoms. The summed E-state index contributed by atoms with van der Waals surface area (Å²) in [6, 6.07) is 6.72. The highest BCUT2D eigenvalue weighted by Crippen LogP contribution is 2.15. The van der Waals surface area contributed by atoms with Crippen molar-refractivity contribution in [3.63, 3.8) is 0 Å². The van der Waals surface area contributed by atoms with Crippen molar-refractivity contribution in [2.24, 2.45) is 7.05 Å². The fourth-order valence-corrected chi connectivity index (χ4v) is 2.17. The van der Waals surface area contributed by atoms with Gasteiger partial charge in [0.15, 0.2) is 0 Å². The third-order valence-corrected chi connectivity index (χ3v) is 3.44. The number of rotatable bonds is 6. The molecule has 1 aromatic carbocycles. The molecule has 0 amide bonds. The van der Waals surface area contributed by atoms with Crippen LogP contribution in [0.4, 0.5) is 0 Å². The number of nitrogens with zero attached hydrogens (tertiary/aromatic N) is 2. The summed E-state index contributed by atoms with van der Waals surface area (Å²) < 4.78 is 2.08. The summed E-state index contributed by atoms with van der Waals surface area (Å²) in [6.45, 7) is 6.38. The van der Waals surface area contributed by atoms with Crippen LogP contribution >= 0.6 is 0 Å². The van der Waals surface area contributed by atoms with Gasteiger partial charge in [0.25, 0.3) is 0 Å². The molecule has 3 nitrogen and oxygen atoms in total. The zero-order valence-electron chi connectivity index (χ0n) is 12.1. The van der Waals surface area contributed by atoms with E-state index in [1.165, 1.54) is 23.1 Å². The number of imidazole rings is 1. The van der Waals surface area contributed by atoms with E-state index in [1.54, 1.807) is 0 Å². The van der Waals surface area contributed by atoms with Crippen LogP contribution in [0, 0.1) is 6.92 Å². The summed E-state index contributed by atoms with van der Waals surface area (Å²) in [5.41, 5.74) is 4.05. The van der Waals surface area contributed by atoms with Gasteiger partial charge >= 0.3 is 0 Å². The van der Waals surface area contributed by atoms with Crippen LogP contribution < -0.4 is 5.32 Å². The zero-order chi connectivity index (χ0) is 13.7. The van der Waals surface area contributed by atoms with Crippen LogP contribution in [-0.2, 0) is 20.0 Å². The van der Waals surface area contributed by atoms with Gasteiger partial charge in [-0.25, -0.2) is 4.98 Å². The first-order valence-corrected chi connectivity index (χ1v) is 6.96. The number of hydrogen-bond acceptors (Lipinski definition) is 2. The first kappa shape index (κ1) is 13.8. The number of aromatic nitrogens is 2. The minimum Gasteiger partial charge on any atom is -0.338 e. The minimum absolute atomic E-state index is 0.900. The zero-order valence-corrected chi connectivity index (χ0v) is 12.1. The number of aryl methyl sites for hydroxylation is 2. The van der Waals surface area contributed by atoms with Crippen molar-refractivity contribution in [2.45, 2.75) is 33.2 Å². The van der Waals surface area contributed by atoms with Gasteiger partial charge in [-0.3, -0.25) is 0 Å². The Hall–Kier alpha value is -1.61. The Morgan fingerprint density at radius 1 is 1.32 bits per heavy atom. The standard InChI is InChI=1S/C16H23N3/c1-4-7-17-12-14-6-5-13(2)15(10-14)11-16-18-8-9-19(16)3/h5-6,8-10,17H,4,7,11-12H2,1-3H3. The highest BCUT2D eigenvalue weighted by molar-refractivity contribution is 5.33. The van der Waals surface area contributed by atoms with E-state index >= 15 is 0 Å². The van der Waals surface area contributed by atoms with Gasteiger partial charge in [0.1, 0.15) is 5.82 Å². The van der Waals surface area contributed by atoms with E-state index in [1.807, 2.05) is 19.4 Å². The van der Waals surface area contributed by atoms with Crippen LogP contribution in [-0.4, -0.2) is 16.1 Å². The monoisotopic (exact) mass is 257 g/mol. The highest BCUT2D eigenvalue weighted by Gasteiger charge is 2.05. The molecule has 102 valence electrons. The maximum absolute atomic E-state index is 4.40. The Labute approximate surface area is 115 Å². The molecule has 2 rings (SSSR count). The van der Waals surface area contributed by atoms with Crippen molar-refractivity contribution in [1.29, 1.82) is 0 Å². The smallest absolute Gasteiger partial charge is 0.112 e. The fraction of sp³-hybridized carbons (Fsp3) is 0.438. The lowest BCUT2D eigenvalue weighted by Gasteiger charge is -2.10. The maximum atomic E-state index is 4.40. The molecular formula is C16H23N3. The Kier molecular flexibility index (Phi) is 4.74. The Bertz CT molecular complexity index is 529. The van der Waals surface area contributed by atoms with Crippen LogP contribution in [0.15, 0.2) is 30.6 Å². The van der Waals surface area contributed by atoms with Crippen molar-refractivity contribution in [3.8, 4) is 0 Å². The van der Waals surface area contributed by atoms with E-state index < -0.39 is 0 Å². The van der Waals surface area contributed by atoms with E-state index in [-0.39, 0.29) is 0 Å². The summed E-state index contributed by atoms with van der Waals surface area (Å²) in [5.74, 6) is 1.11. The first-order valence-electron chi connectivity index (χ1n) is 6.96. The van der Waals surface area contributed by atoms with Crippen molar-refractivity contribution >= 4 is 0 Å². The Morgan fingerprint density at radius 3 is 2.84 bits per heavy atom. The second kappa shape index (κ2) is 6.53. The summed E-state index contributed by atoms with van der Waals surface area (Å²) in [4.78, 5) is 4.40. The normalized spacial score (nSPS) is 10.9. The molecule has 0 bridgehead atoms. The predicted molar refractivity (Wildman–Crippen MR) is 79.2 cm³/mol. The molecule has 0 fully saturated rings. The van der Waals surface area contributed by atoms with Gasteiger partial charge in [-0.15, -0.1) is 0 Å². The highest BCUT2D eigenvalue weighted by atomic mass is 15.0. The van der Waals surface area contributed by atoms with E-state index in [0.29, 0.717) is 0 Å². The SMILES string of the molecule is CCCNCc1ccc(C)c(Cc2nccn2C)c1. The minimum atomic E-state index is 0.900. The van der Waals surface area contributed by atoms with Gasteiger partial charge in [0.2, 0.25) is 0 Å². The van der Waals surface area contributed by atoms with Crippen molar-refractivity contribution in [3.05, 3.63) is 53.1 Å². The molecule has 0 saturated heterocycles. The number of benzene rings is 1. The molecule has 2 aromatic rings. The summed E-state index contributed by atoms with van der Waals surface area (Å²) in [7, 11) is 2.05.